The van der Waals surface area contributed by atoms with Gasteiger partial charge in [0.1, 0.15) is 11.5 Å². The van der Waals surface area contributed by atoms with Crippen molar-refractivity contribution in [1.29, 1.82) is 0 Å². The van der Waals surface area contributed by atoms with E-state index in [1.54, 1.807) is 0 Å². The number of hydrogen-bond donors (Lipinski definition) is 0. The largest absolute Gasteiger partial charge is 0.458 e. The van der Waals surface area contributed by atoms with Crippen LogP contribution in [0.3, 0.4) is 0 Å². The molecule has 0 amide bonds. The zero-order chi connectivity index (χ0) is 37.2. The van der Waals surface area contributed by atoms with Crippen LogP contribution in [0, 0.1) is 13.8 Å². The molecule has 2 aromatic rings. The number of rotatable bonds is 30. The van der Waals surface area contributed by atoms with E-state index in [-0.39, 0.29) is 5.41 Å². The Labute approximate surface area is 314 Å². The van der Waals surface area contributed by atoms with Gasteiger partial charge in [0.05, 0.1) is 0 Å². The molecule has 8 nitrogen and oxygen atoms in total. The summed E-state index contributed by atoms with van der Waals surface area (Å²) in [5.74, 6) is 4.04. The quantitative estimate of drug-likeness (QED) is 0.0755. The number of fused-ring (bicyclic) bond motifs is 3. The topological polar surface area (TPSA) is 45.7 Å². The first-order chi connectivity index (χ1) is 24.4. The fraction of sp³-hybridized carbons (Fsp3) is 0.814. The molecule has 0 unspecified atom stereocenters. The highest BCUT2D eigenvalue weighted by Gasteiger charge is 2.47. The SMILES string of the molecule is Cc1cc2c(o1)-c1oc(C)cc1C2(CCCCCCN(CCCN(C)C)CCCN(C)C)CCCCCCN(CCCN(C)C)CCCN(C)C. The Bertz CT molecular complexity index is 1080. The van der Waals surface area contributed by atoms with Gasteiger partial charge >= 0.3 is 0 Å². The van der Waals surface area contributed by atoms with Crippen molar-refractivity contribution < 1.29 is 8.83 Å². The van der Waals surface area contributed by atoms with E-state index in [1.807, 2.05) is 0 Å². The Morgan fingerprint density at radius 1 is 0.392 bits per heavy atom. The van der Waals surface area contributed by atoms with Gasteiger partial charge < -0.3 is 38.2 Å². The predicted octanol–water partition coefficient (Wildman–Crippen LogP) is 8.07. The fourth-order valence-corrected chi connectivity index (χ4v) is 8.23. The van der Waals surface area contributed by atoms with Gasteiger partial charge in [-0.05, 0) is 199 Å². The van der Waals surface area contributed by atoms with E-state index in [9.17, 15) is 0 Å². The van der Waals surface area contributed by atoms with Crippen LogP contribution in [0.2, 0.25) is 0 Å². The minimum Gasteiger partial charge on any atom is -0.458 e. The average molecular weight is 713 g/mol. The lowest BCUT2D eigenvalue weighted by atomic mass is 9.71. The molecule has 1 aliphatic carbocycles. The standard InChI is InChI=1S/C43H80N6O2/c1-37-35-39-41(50-37)42-40(36-38(2)51-42)43(39,23-15-11-13-17-29-48(31-19-25-44(3)4)32-20-26-45(5)6)24-16-12-14-18-30-49(33-21-27-46(7)8)34-22-28-47(9)10/h35-36H,11-34H2,1-10H3. The van der Waals surface area contributed by atoms with E-state index in [4.69, 9.17) is 8.83 Å². The van der Waals surface area contributed by atoms with Crippen LogP contribution in [0.5, 0.6) is 0 Å². The minimum atomic E-state index is 0.0228. The van der Waals surface area contributed by atoms with Crippen LogP contribution < -0.4 is 0 Å². The highest BCUT2D eigenvalue weighted by atomic mass is 16.4. The Kier molecular flexibility index (Phi) is 19.9. The van der Waals surface area contributed by atoms with Crippen molar-refractivity contribution in [3.05, 3.63) is 34.8 Å². The molecule has 0 aliphatic heterocycles. The molecule has 0 aromatic carbocycles. The van der Waals surface area contributed by atoms with Gasteiger partial charge in [0.15, 0.2) is 11.5 Å². The molecule has 0 fully saturated rings. The summed E-state index contributed by atoms with van der Waals surface area (Å²) in [4.78, 5) is 14.7. The monoisotopic (exact) mass is 713 g/mol. The molecule has 1 aliphatic rings. The zero-order valence-electron chi connectivity index (χ0n) is 35.1. The Hall–Kier alpha value is -1.68. The maximum Gasteiger partial charge on any atom is 0.173 e. The molecule has 2 heterocycles. The summed E-state index contributed by atoms with van der Waals surface area (Å²) in [6.07, 6.45) is 17.7. The van der Waals surface area contributed by atoms with Crippen LogP contribution in [0.1, 0.15) is 113 Å². The lowest BCUT2D eigenvalue weighted by molar-refractivity contribution is 0.235. The maximum atomic E-state index is 6.33. The lowest BCUT2D eigenvalue weighted by Gasteiger charge is -2.30. The molecular formula is C43H80N6O2. The van der Waals surface area contributed by atoms with Gasteiger partial charge in [-0.25, -0.2) is 0 Å². The van der Waals surface area contributed by atoms with Gasteiger partial charge in [-0.3, -0.25) is 0 Å². The molecule has 0 atom stereocenters. The predicted molar refractivity (Wildman–Crippen MR) is 218 cm³/mol. The van der Waals surface area contributed by atoms with Crippen LogP contribution >= 0.6 is 0 Å². The third kappa shape index (κ3) is 15.3. The average Bonchev–Trinajstić information content (AvgIpc) is 3.69. The molecule has 0 spiro atoms. The molecule has 0 bridgehead atoms. The number of furan rings is 2. The van der Waals surface area contributed by atoms with Gasteiger partial charge in [-0.1, -0.05) is 38.5 Å². The van der Waals surface area contributed by atoms with Crippen LogP contribution in [-0.4, -0.2) is 151 Å². The summed E-state index contributed by atoms with van der Waals surface area (Å²) in [6.45, 7) is 16.2. The van der Waals surface area contributed by atoms with Crippen LogP contribution in [0.4, 0.5) is 0 Å². The minimum absolute atomic E-state index is 0.0228. The van der Waals surface area contributed by atoms with E-state index in [2.05, 4.69) is 112 Å². The Morgan fingerprint density at radius 3 is 1.00 bits per heavy atom. The van der Waals surface area contributed by atoms with Gasteiger partial charge in [0.25, 0.3) is 0 Å². The molecule has 51 heavy (non-hydrogen) atoms. The Morgan fingerprint density at radius 2 is 0.686 bits per heavy atom. The van der Waals surface area contributed by atoms with Crippen molar-refractivity contribution in [2.24, 2.45) is 0 Å². The zero-order valence-corrected chi connectivity index (χ0v) is 35.1. The maximum absolute atomic E-state index is 6.33. The van der Waals surface area contributed by atoms with Crippen molar-refractivity contribution in [2.75, 3.05) is 122 Å². The second kappa shape index (κ2) is 23.2. The third-order valence-corrected chi connectivity index (χ3v) is 10.9. The van der Waals surface area contributed by atoms with E-state index in [0.717, 1.165) is 23.0 Å². The molecule has 2 aromatic heterocycles. The summed E-state index contributed by atoms with van der Waals surface area (Å²) < 4.78 is 12.7. The second-order valence-electron chi connectivity index (χ2n) is 16.9. The molecular weight excluding hydrogens is 633 g/mol. The lowest BCUT2D eigenvalue weighted by Crippen LogP contribution is -2.31. The third-order valence-electron chi connectivity index (χ3n) is 10.9. The van der Waals surface area contributed by atoms with Crippen molar-refractivity contribution in [2.45, 2.75) is 109 Å². The van der Waals surface area contributed by atoms with Crippen LogP contribution in [0.25, 0.3) is 11.5 Å². The second-order valence-corrected chi connectivity index (χ2v) is 16.9. The van der Waals surface area contributed by atoms with Crippen LogP contribution in [-0.2, 0) is 5.41 Å². The van der Waals surface area contributed by atoms with E-state index in [1.165, 1.54) is 166 Å². The molecule has 0 saturated heterocycles. The summed E-state index contributed by atoms with van der Waals surface area (Å²) in [5, 5.41) is 0. The van der Waals surface area contributed by atoms with Crippen molar-refractivity contribution >= 4 is 0 Å². The summed E-state index contributed by atoms with van der Waals surface area (Å²) in [5.41, 5.74) is 2.82. The van der Waals surface area contributed by atoms with Gasteiger partial charge in [0, 0.05) is 16.5 Å². The van der Waals surface area contributed by atoms with E-state index in [0.29, 0.717) is 0 Å². The Balaban J connectivity index is 1.54. The van der Waals surface area contributed by atoms with E-state index < -0.39 is 0 Å². The van der Waals surface area contributed by atoms with Crippen LogP contribution in [0.15, 0.2) is 21.0 Å². The summed E-state index contributed by atoms with van der Waals surface area (Å²) in [6, 6.07) is 4.66. The van der Waals surface area contributed by atoms with E-state index >= 15 is 0 Å². The smallest absolute Gasteiger partial charge is 0.173 e. The molecule has 3 rings (SSSR count). The molecule has 0 N–H and O–H groups in total. The number of aryl methyl sites for hydroxylation is 2. The summed E-state index contributed by atoms with van der Waals surface area (Å²) in [7, 11) is 17.5. The fourth-order valence-electron chi connectivity index (χ4n) is 8.23. The number of nitrogens with zero attached hydrogens (tertiary/aromatic N) is 6. The van der Waals surface area contributed by atoms with Crippen molar-refractivity contribution in [3.8, 4) is 11.5 Å². The van der Waals surface area contributed by atoms with Gasteiger partial charge in [-0.2, -0.15) is 0 Å². The molecule has 8 heteroatoms. The first kappa shape index (κ1) is 43.7. The first-order valence-electron chi connectivity index (χ1n) is 20.7. The van der Waals surface area contributed by atoms with Crippen molar-refractivity contribution in [3.63, 3.8) is 0 Å². The molecule has 294 valence electrons. The van der Waals surface area contributed by atoms with Gasteiger partial charge in [-0.15, -0.1) is 0 Å². The van der Waals surface area contributed by atoms with Crippen molar-refractivity contribution in [1.82, 2.24) is 29.4 Å². The molecule has 0 saturated carbocycles. The highest BCUT2D eigenvalue weighted by molar-refractivity contribution is 5.73. The van der Waals surface area contributed by atoms with Gasteiger partial charge in [0.2, 0.25) is 0 Å². The normalized spacial score (nSPS) is 14.0. The molecule has 0 radical (unpaired) electrons. The highest BCUT2D eigenvalue weighted by Crippen LogP contribution is 2.56. The number of hydrogen-bond acceptors (Lipinski definition) is 8. The number of unbranched alkanes of at least 4 members (excludes halogenated alkanes) is 6. The summed E-state index contributed by atoms with van der Waals surface area (Å²) >= 11 is 0. The first-order valence-corrected chi connectivity index (χ1v) is 20.7.